The van der Waals surface area contributed by atoms with Crippen molar-refractivity contribution in [2.75, 3.05) is 80.5 Å². The summed E-state index contributed by atoms with van der Waals surface area (Å²) in [6.07, 6.45) is 1.62. The lowest BCUT2D eigenvalue weighted by molar-refractivity contribution is -0.146. The molecule has 0 saturated carbocycles. The van der Waals surface area contributed by atoms with Gasteiger partial charge in [0.2, 0.25) is 59.1 Å². The van der Waals surface area contributed by atoms with Crippen molar-refractivity contribution in [3.05, 3.63) is 71.8 Å². The molecule has 3 aliphatic rings. The number of likely N-dealkylation sites (N-methyl/N-ethyl adjacent to an activating group) is 4. The number of piperidine rings is 2. The van der Waals surface area contributed by atoms with E-state index in [0.29, 0.717) is 36.8 Å². The van der Waals surface area contributed by atoms with E-state index in [-0.39, 0.29) is 51.5 Å². The number of carbonyl (C=O) groups is 11. The first-order valence-corrected chi connectivity index (χ1v) is 25.2. The Hall–Kier alpha value is -7.34. The third kappa shape index (κ3) is 16.6. The average molecular weight is 1080 g/mol. The van der Waals surface area contributed by atoms with Crippen molar-refractivity contribution in [2.24, 2.45) is 11.7 Å². The van der Waals surface area contributed by atoms with E-state index in [4.69, 9.17) is 10.5 Å². The van der Waals surface area contributed by atoms with Crippen LogP contribution >= 0.6 is 12.4 Å². The predicted molar refractivity (Wildman–Crippen MR) is 278 cm³/mol. The second kappa shape index (κ2) is 29.1. The smallest absolute Gasteiger partial charge is 0.408 e. The minimum Gasteiger partial charge on any atom is -0.445 e. The Morgan fingerprint density at radius 2 is 1.11 bits per heavy atom. The van der Waals surface area contributed by atoms with Crippen LogP contribution < -0.4 is 32.3 Å². The predicted octanol–water partition coefficient (Wildman–Crippen LogP) is -1.13. The van der Waals surface area contributed by atoms with Crippen molar-refractivity contribution in [3.8, 4) is 0 Å². The van der Waals surface area contributed by atoms with Gasteiger partial charge in [0.15, 0.2) is 0 Å². The molecule has 2 aromatic carbocycles. The molecule has 3 saturated heterocycles. The van der Waals surface area contributed by atoms with E-state index in [9.17, 15) is 52.7 Å². The number of hydrogen-bond donors (Lipinski definition) is 6. The monoisotopic (exact) mass is 1080 g/mol. The van der Waals surface area contributed by atoms with Gasteiger partial charge in [-0.2, -0.15) is 0 Å². The summed E-state index contributed by atoms with van der Waals surface area (Å²) in [6, 6.07) is 9.68. The van der Waals surface area contributed by atoms with E-state index >= 15 is 0 Å². The molecule has 76 heavy (non-hydrogen) atoms. The maximum atomic E-state index is 14.6. The van der Waals surface area contributed by atoms with Crippen LogP contribution in [0.4, 0.5) is 4.79 Å². The molecule has 0 unspecified atom stereocenters. The fourth-order valence-electron chi connectivity index (χ4n) is 9.21. The molecular weight excluding hydrogens is 1010 g/mol. The molecule has 7 N–H and O–H groups in total. The number of nitrogens with zero attached hydrogens (tertiary/aromatic N) is 6. The zero-order valence-corrected chi connectivity index (χ0v) is 44.8. The highest BCUT2D eigenvalue weighted by molar-refractivity contribution is 5.97. The van der Waals surface area contributed by atoms with E-state index in [1.807, 2.05) is 0 Å². The van der Waals surface area contributed by atoms with Crippen molar-refractivity contribution in [1.82, 2.24) is 56.0 Å². The molecule has 3 fully saturated rings. The summed E-state index contributed by atoms with van der Waals surface area (Å²) in [5, 5.41) is 13.0. The van der Waals surface area contributed by atoms with Gasteiger partial charge in [0.1, 0.15) is 42.9 Å². The lowest BCUT2D eigenvalue weighted by Crippen LogP contribution is -2.60. The lowest BCUT2D eigenvalue weighted by Gasteiger charge is -2.37. The molecule has 2 aromatic rings. The standard InChI is InChI=1S/C51H72N12O12.ClH/c1-32(2)43-47(70)53-25-35(52)49(72)62-23-15-13-21-37(62)45(68)55-27-40(65)59(4)30-42(67)61(6)44(34-19-11-8-12-20-34)48(71)54-26-36(57-51(74)75-31-33-17-9-7-10-18-33)50(73)63-24-16-14-22-38(63)46(69)56-28-39(64)58(3)29-41(66)60(43)5;/h7-12,17-20,32,35-38,43-44H,13-16,21-31,52H2,1-6H3,(H,53,70)(H,54,71)(H,55,68)(H,56,69)(H,57,74);1H/t35-,36-,37+,38+,43+,44+;/m1./s1. The quantitative estimate of drug-likeness (QED) is 0.207. The highest BCUT2D eigenvalue weighted by atomic mass is 35.5. The number of carbonyl (C=O) groups excluding carboxylic acids is 11. The number of halogens is 1. The van der Waals surface area contributed by atoms with Crippen molar-refractivity contribution in [1.29, 1.82) is 0 Å². The van der Waals surface area contributed by atoms with Crippen LogP contribution in [0.25, 0.3) is 0 Å². The summed E-state index contributed by atoms with van der Waals surface area (Å²) < 4.78 is 5.44. The fourth-order valence-corrected chi connectivity index (χ4v) is 9.21. The molecule has 25 heteroatoms. The van der Waals surface area contributed by atoms with E-state index in [0.717, 1.165) is 14.7 Å². The highest BCUT2D eigenvalue weighted by Crippen LogP contribution is 2.23. The number of benzene rings is 2. The fraction of sp³-hybridized carbons (Fsp3) is 0.549. The zero-order chi connectivity index (χ0) is 54.9. The SMILES string of the molecule is CC(C)[C@H]1C(=O)NC[C@@H](N)C(=O)N2CCCC[C@H]2C(=O)NCC(=O)N(C)CC(=O)N(C)[C@@H](c2ccccc2)C(=O)NC[C@@H](NC(=O)OCc2ccccc2)C(=O)N2CCCC[C@H]2C(=O)NCC(=O)N(C)CC(=O)N1C.Cl. The third-order valence-electron chi connectivity index (χ3n) is 13.6. The molecule has 0 aliphatic carbocycles. The Morgan fingerprint density at radius 1 is 0.618 bits per heavy atom. The number of hydrogen-bond acceptors (Lipinski definition) is 13. The van der Waals surface area contributed by atoms with Gasteiger partial charge in [-0.1, -0.05) is 74.5 Å². The molecule has 6 atom stereocenters. The van der Waals surface area contributed by atoms with Gasteiger partial charge in [0, 0.05) is 54.4 Å². The Bertz CT molecular complexity index is 2400. The number of alkyl carbamates (subject to hydrolysis) is 1. The van der Waals surface area contributed by atoms with Crippen molar-refractivity contribution in [2.45, 2.75) is 95.2 Å². The van der Waals surface area contributed by atoms with Crippen LogP contribution in [-0.4, -0.2) is 205 Å². The Labute approximate surface area is 448 Å². The van der Waals surface area contributed by atoms with E-state index in [1.165, 1.54) is 42.9 Å². The van der Waals surface area contributed by atoms with Gasteiger partial charge in [-0.3, -0.25) is 47.9 Å². The van der Waals surface area contributed by atoms with Crippen LogP contribution in [0, 0.1) is 5.92 Å². The second-order valence-corrected chi connectivity index (χ2v) is 19.4. The molecule has 0 spiro atoms. The van der Waals surface area contributed by atoms with E-state index in [1.54, 1.807) is 74.5 Å². The molecule has 0 bridgehead atoms. The molecular formula is C51H73ClN12O12. The van der Waals surface area contributed by atoms with Crippen molar-refractivity contribution in [3.63, 3.8) is 0 Å². The van der Waals surface area contributed by atoms with Crippen LogP contribution in [0.2, 0.25) is 0 Å². The number of ether oxygens (including phenoxy) is 1. The Morgan fingerprint density at radius 3 is 1.63 bits per heavy atom. The van der Waals surface area contributed by atoms with Crippen LogP contribution in [0.15, 0.2) is 60.7 Å². The van der Waals surface area contributed by atoms with Gasteiger partial charge < -0.3 is 66.5 Å². The summed E-state index contributed by atoms with van der Waals surface area (Å²) >= 11 is 0. The number of amides is 11. The lowest BCUT2D eigenvalue weighted by atomic mass is 9.99. The van der Waals surface area contributed by atoms with E-state index < -0.39 is 140 Å². The van der Waals surface area contributed by atoms with Crippen LogP contribution in [-0.2, 0) is 59.3 Å². The maximum absolute atomic E-state index is 14.6. The first kappa shape index (κ1) is 61.2. The first-order chi connectivity index (χ1) is 35.7. The van der Waals surface area contributed by atoms with Gasteiger partial charge in [0.05, 0.1) is 26.2 Å². The summed E-state index contributed by atoms with van der Waals surface area (Å²) in [5.41, 5.74) is 7.32. The van der Waals surface area contributed by atoms with Crippen molar-refractivity contribution >= 4 is 77.6 Å². The van der Waals surface area contributed by atoms with Crippen molar-refractivity contribution < 1.29 is 57.5 Å². The largest absolute Gasteiger partial charge is 0.445 e. The summed E-state index contributed by atoms with van der Waals surface area (Å²) in [7, 11) is 5.44. The van der Waals surface area contributed by atoms with Crippen LogP contribution in [0.5, 0.6) is 0 Å². The van der Waals surface area contributed by atoms with Gasteiger partial charge in [-0.15, -0.1) is 12.4 Å². The average Bonchev–Trinajstić information content (AvgIpc) is 3.40. The van der Waals surface area contributed by atoms with Gasteiger partial charge in [-0.05, 0) is 55.6 Å². The molecule has 3 heterocycles. The minimum absolute atomic E-state index is 0. The summed E-state index contributed by atoms with van der Waals surface area (Å²) in [4.78, 5) is 159. The summed E-state index contributed by atoms with van der Waals surface area (Å²) in [5.74, 6) is -7.15. The van der Waals surface area contributed by atoms with Gasteiger partial charge >= 0.3 is 6.09 Å². The highest BCUT2D eigenvalue weighted by Gasteiger charge is 2.40. The van der Waals surface area contributed by atoms with E-state index in [2.05, 4.69) is 26.6 Å². The van der Waals surface area contributed by atoms with Crippen LogP contribution in [0.3, 0.4) is 0 Å². The Kier molecular flexibility index (Phi) is 23.4. The normalized spacial score (nSPS) is 24.4. The topological polar surface area (TPSA) is 303 Å². The zero-order valence-electron chi connectivity index (χ0n) is 44.0. The third-order valence-corrected chi connectivity index (χ3v) is 13.6. The van der Waals surface area contributed by atoms with Gasteiger partial charge in [-0.25, -0.2) is 4.79 Å². The second-order valence-electron chi connectivity index (χ2n) is 19.4. The molecule has 11 amide bonds. The maximum Gasteiger partial charge on any atom is 0.408 e. The summed E-state index contributed by atoms with van der Waals surface area (Å²) in [6.45, 7) is 0.512. The molecule has 416 valence electrons. The number of nitrogens with one attached hydrogen (secondary N) is 5. The Balaban J connectivity index is 0.0000125. The minimum atomic E-state index is -1.51. The molecule has 5 rings (SSSR count). The first-order valence-electron chi connectivity index (χ1n) is 25.2. The molecule has 0 aromatic heterocycles. The molecule has 24 nitrogen and oxygen atoms in total. The number of fused-ring (bicyclic) bond motifs is 2. The molecule has 3 aliphatic heterocycles. The number of nitrogens with two attached hydrogens (primary N) is 1. The number of rotatable bonds is 5. The molecule has 0 radical (unpaired) electrons. The van der Waals surface area contributed by atoms with Crippen LogP contribution in [0.1, 0.15) is 69.5 Å². The van der Waals surface area contributed by atoms with Gasteiger partial charge in [0.25, 0.3) is 0 Å².